The molecule has 1 saturated heterocycles. The first kappa shape index (κ1) is 11.4. The Hall–Kier alpha value is -0.0800. The molecule has 1 aliphatic carbocycles. The van der Waals surface area contributed by atoms with E-state index < -0.39 is 0 Å². The van der Waals surface area contributed by atoms with Crippen LogP contribution in [0.25, 0.3) is 0 Å². The average Bonchev–Trinajstić information content (AvgIpc) is 3.09. The van der Waals surface area contributed by atoms with E-state index in [9.17, 15) is 0 Å². The molecule has 0 radical (unpaired) electrons. The molecule has 15 heavy (non-hydrogen) atoms. The van der Waals surface area contributed by atoms with Crippen LogP contribution in [-0.4, -0.2) is 37.6 Å². The minimum atomic E-state index is 0.963. The van der Waals surface area contributed by atoms with E-state index in [2.05, 4.69) is 17.1 Å². The summed E-state index contributed by atoms with van der Waals surface area (Å²) in [5.74, 6) is 2.05. The molecular weight excluding hydrogens is 184 g/mol. The molecule has 0 aromatic rings. The van der Waals surface area contributed by atoms with Crippen molar-refractivity contribution in [1.29, 1.82) is 0 Å². The molecule has 0 amide bonds. The van der Waals surface area contributed by atoms with Crippen LogP contribution in [-0.2, 0) is 0 Å². The van der Waals surface area contributed by atoms with E-state index in [-0.39, 0.29) is 0 Å². The topological polar surface area (TPSA) is 15.3 Å². The van der Waals surface area contributed by atoms with Crippen LogP contribution in [0.2, 0.25) is 0 Å². The predicted molar refractivity (Wildman–Crippen MR) is 65.0 cm³/mol. The van der Waals surface area contributed by atoms with Crippen molar-refractivity contribution in [3.63, 3.8) is 0 Å². The monoisotopic (exact) mass is 210 g/mol. The summed E-state index contributed by atoms with van der Waals surface area (Å²) in [6.45, 7) is 8.75. The fourth-order valence-electron chi connectivity index (χ4n) is 2.58. The van der Waals surface area contributed by atoms with Gasteiger partial charge in [-0.2, -0.15) is 0 Å². The first-order valence-electron chi connectivity index (χ1n) is 6.81. The molecule has 0 unspecified atom stereocenters. The Morgan fingerprint density at radius 3 is 2.40 bits per heavy atom. The van der Waals surface area contributed by atoms with Crippen molar-refractivity contribution >= 4 is 0 Å². The van der Waals surface area contributed by atoms with Gasteiger partial charge in [-0.1, -0.05) is 19.8 Å². The second kappa shape index (κ2) is 5.86. The summed E-state index contributed by atoms with van der Waals surface area (Å²) in [6, 6.07) is 0. The normalized spacial score (nSPS) is 23.6. The lowest BCUT2D eigenvalue weighted by molar-refractivity contribution is 0.209. The van der Waals surface area contributed by atoms with E-state index in [1.807, 2.05) is 0 Å². The SMILES string of the molecule is CCN(CCC1CC1)CC1CCNCC1. The zero-order chi connectivity index (χ0) is 10.5. The zero-order valence-electron chi connectivity index (χ0n) is 10.2. The van der Waals surface area contributed by atoms with Crippen LogP contribution in [0.4, 0.5) is 0 Å². The quantitative estimate of drug-likeness (QED) is 0.722. The Morgan fingerprint density at radius 2 is 1.80 bits per heavy atom. The summed E-state index contributed by atoms with van der Waals surface area (Å²) in [6.07, 6.45) is 7.24. The third kappa shape index (κ3) is 4.12. The lowest BCUT2D eigenvalue weighted by Crippen LogP contribution is -2.36. The van der Waals surface area contributed by atoms with Crippen molar-refractivity contribution in [2.75, 3.05) is 32.7 Å². The van der Waals surface area contributed by atoms with Crippen molar-refractivity contribution in [1.82, 2.24) is 10.2 Å². The van der Waals surface area contributed by atoms with Crippen molar-refractivity contribution in [3.8, 4) is 0 Å². The Morgan fingerprint density at radius 1 is 1.07 bits per heavy atom. The number of nitrogens with zero attached hydrogens (tertiary/aromatic N) is 1. The van der Waals surface area contributed by atoms with Gasteiger partial charge >= 0.3 is 0 Å². The molecule has 2 heteroatoms. The van der Waals surface area contributed by atoms with Crippen molar-refractivity contribution in [2.45, 2.75) is 39.0 Å². The van der Waals surface area contributed by atoms with Crippen molar-refractivity contribution in [3.05, 3.63) is 0 Å². The summed E-state index contributed by atoms with van der Waals surface area (Å²) >= 11 is 0. The van der Waals surface area contributed by atoms with Gasteiger partial charge in [0.25, 0.3) is 0 Å². The maximum absolute atomic E-state index is 3.45. The molecule has 1 aliphatic heterocycles. The third-order valence-corrected chi connectivity index (χ3v) is 3.97. The summed E-state index contributed by atoms with van der Waals surface area (Å²) in [4.78, 5) is 2.67. The average molecular weight is 210 g/mol. The van der Waals surface area contributed by atoms with Crippen LogP contribution >= 0.6 is 0 Å². The van der Waals surface area contributed by atoms with Crippen LogP contribution in [0.15, 0.2) is 0 Å². The van der Waals surface area contributed by atoms with Crippen LogP contribution in [0, 0.1) is 11.8 Å². The van der Waals surface area contributed by atoms with Crippen molar-refractivity contribution in [2.24, 2.45) is 11.8 Å². The van der Waals surface area contributed by atoms with Crippen LogP contribution in [0.3, 0.4) is 0 Å². The number of hydrogen-bond donors (Lipinski definition) is 1. The van der Waals surface area contributed by atoms with Gasteiger partial charge < -0.3 is 10.2 Å². The molecule has 1 heterocycles. The van der Waals surface area contributed by atoms with Gasteiger partial charge in [0.15, 0.2) is 0 Å². The van der Waals surface area contributed by atoms with Crippen LogP contribution in [0.5, 0.6) is 0 Å². The molecule has 0 spiro atoms. The first-order chi connectivity index (χ1) is 7.38. The van der Waals surface area contributed by atoms with Gasteiger partial charge in [0, 0.05) is 6.54 Å². The minimum Gasteiger partial charge on any atom is -0.317 e. The highest BCUT2D eigenvalue weighted by Gasteiger charge is 2.22. The third-order valence-electron chi connectivity index (χ3n) is 3.97. The Balaban J connectivity index is 1.63. The minimum absolute atomic E-state index is 0.963. The number of nitrogens with one attached hydrogen (secondary N) is 1. The van der Waals surface area contributed by atoms with Gasteiger partial charge in [0.2, 0.25) is 0 Å². The second-order valence-electron chi connectivity index (χ2n) is 5.32. The molecule has 88 valence electrons. The number of rotatable bonds is 6. The van der Waals surface area contributed by atoms with Gasteiger partial charge in [0.05, 0.1) is 0 Å². The standard InChI is InChI=1S/C13H26N2/c1-2-15(10-7-12-3-4-12)11-13-5-8-14-9-6-13/h12-14H,2-11H2,1H3. The van der Waals surface area contributed by atoms with Crippen LogP contribution in [0.1, 0.15) is 39.0 Å². The highest BCUT2D eigenvalue weighted by molar-refractivity contribution is 4.76. The fourth-order valence-corrected chi connectivity index (χ4v) is 2.58. The Bertz CT molecular complexity index is 171. The summed E-state index contributed by atoms with van der Waals surface area (Å²) in [7, 11) is 0. The number of piperidine rings is 1. The van der Waals surface area contributed by atoms with E-state index in [1.165, 1.54) is 64.8 Å². The van der Waals surface area contributed by atoms with E-state index in [0.717, 1.165) is 11.8 Å². The van der Waals surface area contributed by atoms with Crippen molar-refractivity contribution < 1.29 is 0 Å². The molecule has 1 N–H and O–H groups in total. The lowest BCUT2D eigenvalue weighted by Gasteiger charge is -2.29. The van der Waals surface area contributed by atoms with Gasteiger partial charge in [0.1, 0.15) is 0 Å². The van der Waals surface area contributed by atoms with Gasteiger partial charge in [-0.05, 0) is 57.3 Å². The highest BCUT2D eigenvalue weighted by atomic mass is 15.1. The van der Waals surface area contributed by atoms with E-state index >= 15 is 0 Å². The van der Waals surface area contributed by atoms with Gasteiger partial charge in [-0.25, -0.2) is 0 Å². The molecule has 0 aromatic carbocycles. The highest BCUT2D eigenvalue weighted by Crippen LogP contribution is 2.32. The molecule has 2 rings (SSSR count). The summed E-state index contributed by atoms with van der Waals surface area (Å²) < 4.78 is 0. The fraction of sp³-hybridized carbons (Fsp3) is 1.00. The first-order valence-corrected chi connectivity index (χ1v) is 6.81. The van der Waals surface area contributed by atoms with E-state index in [4.69, 9.17) is 0 Å². The molecule has 1 saturated carbocycles. The van der Waals surface area contributed by atoms with E-state index in [0.29, 0.717) is 0 Å². The van der Waals surface area contributed by atoms with Crippen LogP contribution < -0.4 is 5.32 Å². The molecule has 2 nitrogen and oxygen atoms in total. The van der Waals surface area contributed by atoms with Gasteiger partial charge in [-0.3, -0.25) is 0 Å². The maximum Gasteiger partial charge on any atom is 0.00105 e. The number of hydrogen-bond acceptors (Lipinski definition) is 2. The van der Waals surface area contributed by atoms with Gasteiger partial charge in [-0.15, -0.1) is 0 Å². The maximum atomic E-state index is 3.45. The molecular formula is C13H26N2. The van der Waals surface area contributed by atoms with E-state index in [1.54, 1.807) is 0 Å². The second-order valence-corrected chi connectivity index (χ2v) is 5.32. The zero-order valence-corrected chi connectivity index (χ0v) is 10.2. The summed E-state index contributed by atoms with van der Waals surface area (Å²) in [5.41, 5.74) is 0. The molecule has 2 fully saturated rings. The molecule has 0 bridgehead atoms. The Kier molecular flexibility index (Phi) is 4.45. The predicted octanol–water partition coefficient (Wildman–Crippen LogP) is 2.11. The Labute approximate surface area is 94.4 Å². The molecule has 0 aromatic heterocycles. The molecule has 2 aliphatic rings. The molecule has 0 atom stereocenters. The summed E-state index contributed by atoms with van der Waals surface area (Å²) in [5, 5.41) is 3.45. The smallest absolute Gasteiger partial charge is 0.00105 e. The largest absolute Gasteiger partial charge is 0.317 e. The lowest BCUT2D eigenvalue weighted by atomic mass is 9.97.